The second kappa shape index (κ2) is 5.69. The van der Waals surface area contributed by atoms with E-state index in [-0.39, 0.29) is 18.0 Å². The van der Waals surface area contributed by atoms with Crippen molar-refractivity contribution in [1.29, 1.82) is 0 Å². The Morgan fingerprint density at radius 2 is 1.78 bits per heavy atom. The Bertz CT molecular complexity index is 719. The molecule has 4 heteroatoms. The van der Waals surface area contributed by atoms with Crippen LogP contribution in [-0.4, -0.2) is 11.7 Å². The van der Waals surface area contributed by atoms with Crippen molar-refractivity contribution >= 4 is 11.8 Å². The molecule has 3 rings (SSSR count). The summed E-state index contributed by atoms with van der Waals surface area (Å²) in [6.45, 7) is 5.54. The summed E-state index contributed by atoms with van der Waals surface area (Å²) in [6.07, 6.45) is 0.317. The average molecular weight is 313 g/mol. The van der Waals surface area contributed by atoms with Crippen LogP contribution >= 0.6 is 0 Å². The maximum atomic E-state index is 13.2. The largest absolute Gasteiger partial charge is 0.443 e. The summed E-state index contributed by atoms with van der Waals surface area (Å²) in [5.41, 5.74) is 2.28. The van der Waals surface area contributed by atoms with E-state index in [0.717, 1.165) is 16.8 Å². The van der Waals surface area contributed by atoms with Gasteiger partial charge in [-0.05, 0) is 56.5 Å². The number of anilines is 1. The number of carbonyl (C=O) groups is 1. The lowest BCUT2D eigenvalue weighted by atomic mass is 10.0. The predicted molar refractivity (Wildman–Crippen MR) is 88.0 cm³/mol. The number of ether oxygens (including phenoxy) is 1. The van der Waals surface area contributed by atoms with Gasteiger partial charge in [-0.3, -0.25) is 4.90 Å². The van der Waals surface area contributed by atoms with Crippen LogP contribution < -0.4 is 4.90 Å². The molecule has 0 spiro atoms. The molecule has 120 valence electrons. The molecule has 0 unspecified atom stereocenters. The van der Waals surface area contributed by atoms with Crippen molar-refractivity contribution in [2.75, 3.05) is 4.90 Å². The highest BCUT2D eigenvalue weighted by Gasteiger charge is 2.37. The van der Waals surface area contributed by atoms with Crippen molar-refractivity contribution < 1.29 is 13.9 Å². The van der Waals surface area contributed by atoms with Gasteiger partial charge in [0.15, 0.2) is 0 Å². The Labute approximate surface area is 135 Å². The number of fused-ring (bicyclic) bond motifs is 1. The van der Waals surface area contributed by atoms with Gasteiger partial charge in [0.25, 0.3) is 0 Å². The maximum Gasteiger partial charge on any atom is 0.415 e. The molecular formula is C19H20FNO2. The van der Waals surface area contributed by atoms with E-state index in [2.05, 4.69) is 0 Å². The van der Waals surface area contributed by atoms with Crippen LogP contribution in [0.4, 0.5) is 14.9 Å². The van der Waals surface area contributed by atoms with E-state index in [1.165, 1.54) is 12.1 Å². The standard InChI is InChI=1S/C19H20FNO2/c1-19(2,3)23-18(22)21-16-7-5-4-6-14(16)12-17(21)13-8-10-15(20)11-9-13/h4-11,17H,12H2,1-3H3/t17-/m0/s1. The van der Waals surface area contributed by atoms with Crippen molar-refractivity contribution in [2.45, 2.75) is 38.8 Å². The summed E-state index contributed by atoms with van der Waals surface area (Å²) < 4.78 is 18.8. The number of amides is 1. The van der Waals surface area contributed by atoms with Gasteiger partial charge >= 0.3 is 6.09 Å². The molecule has 0 saturated heterocycles. The van der Waals surface area contributed by atoms with E-state index in [1.807, 2.05) is 45.0 Å². The van der Waals surface area contributed by atoms with Gasteiger partial charge in [-0.15, -0.1) is 0 Å². The van der Waals surface area contributed by atoms with Crippen molar-refractivity contribution in [3.8, 4) is 0 Å². The molecular weight excluding hydrogens is 293 g/mol. The summed E-state index contributed by atoms with van der Waals surface area (Å²) >= 11 is 0. The highest BCUT2D eigenvalue weighted by atomic mass is 19.1. The van der Waals surface area contributed by atoms with E-state index in [9.17, 15) is 9.18 Å². The fourth-order valence-corrected chi connectivity index (χ4v) is 2.87. The van der Waals surface area contributed by atoms with Crippen LogP contribution in [0, 0.1) is 5.82 Å². The second-order valence-electron chi connectivity index (χ2n) is 6.75. The fraction of sp³-hybridized carbons (Fsp3) is 0.316. The first kappa shape index (κ1) is 15.5. The van der Waals surface area contributed by atoms with Crippen molar-refractivity contribution in [3.05, 3.63) is 65.5 Å². The summed E-state index contributed by atoms with van der Waals surface area (Å²) in [7, 11) is 0. The third-order valence-electron chi connectivity index (χ3n) is 3.82. The Morgan fingerprint density at radius 3 is 2.43 bits per heavy atom. The lowest BCUT2D eigenvalue weighted by Crippen LogP contribution is -2.37. The quantitative estimate of drug-likeness (QED) is 0.752. The normalized spacial score (nSPS) is 17.0. The summed E-state index contributed by atoms with van der Waals surface area (Å²) in [5.74, 6) is -0.284. The third-order valence-corrected chi connectivity index (χ3v) is 3.82. The second-order valence-corrected chi connectivity index (χ2v) is 6.75. The van der Waals surface area contributed by atoms with Crippen molar-refractivity contribution in [3.63, 3.8) is 0 Å². The van der Waals surface area contributed by atoms with Gasteiger partial charge in [0.2, 0.25) is 0 Å². The highest BCUT2D eigenvalue weighted by Crippen LogP contribution is 2.41. The average Bonchev–Trinajstić information content (AvgIpc) is 2.85. The van der Waals surface area contributed by atoms with Gasteiger partial charge in [0, 0.05) is 0 Å². The van der Waals surface area contributed by atoms with Crippen LogP contribution in [0.2, 0.25) is 0 Å². The van der Waals surface area contributed by atoms with Gasteiger partial charge in [-0.2, -0.15) is 0 Å². The summed E-state index contributed by atoms with van der Waals surface area (Å²) in [6, 6.07) is 13.9. The van der Waals surface area contributed by atoms with E-state index in [1.54, 1.807) is 17.0 Å². The summed E-state index contributed by atoms with van der Waals surface area (Å²) in [5, 5.41) is 0. The monoisotopic (exact) mass is 313 g/mol. The fourth-order valence-electron chi connectivity index (χ4n) is 2.87. The minimum atomic E-state index is -0.567. The zero-order chi connectivity index (χ0) is 16.6. The molecule has 0 fully saturated rings. The first-order chi connectivity index (χ1) is 10.8. The topological polar surface area (TPSA) is 29.5 Å². The molecule has 1 heterocycles. The van der Waals surface area contributed by atoms with Crippen LogP contribution in [0.25, 0.3) is 0 Å². The Kier molecular flexibility index (Phi) is 3.84. The molecule has 1 aliphatic rings. The Balaban J connectivity index is 1.99. The number of rotatable bonds is 1. The van der Waals surface area contributed by atoms with Gasteiger partial charge in [0.05, 0.1) is 11.7 Å². The Morgan fingerprint density at radius 1 is 1.13 bits per heavy atom. The number of hydrogen-bond acceptors (Lipinski definition) is 2. The smallest absolute Gasteiger partial charge is 0.415 e. The van der Waals surface area contributed by atoms with Crippen LogP contribution in [0.3, 0.4) is 0 Å². The summed E-state index contributed by atoms with van der Waals surface area (Å²) in [4.78, 5) is 14.4. The van der Waals surface area contributed by atoms with Crippen LogP contribution in [0.15, 0.2) is 48.5 Å². The third kappa shape index (κ3) is 3.21. The van der Waals surface area contributed by atoms with Crippen molar-refractivity contribution in [1.82, 2.24) is 0 Å². The molecule has 2 aromatic rings. The molecule has 0 bridgehead atoms. The molecule has 1 atom stereocenters. The lowest BCUT2D eigenvalue weighted by molar-refractivity contribution is 0.0569. The number of benzene rings is 2. The molecule has 2 aromatic carbocycles. The minimum Gasteiger partial charge on any atom is -0.443 e. The molecule has 23 heavy (non-hydrogen) atoms. The molecule has 0 N–H and O–H groups in total. The molecule has 0 aliphatic carbocycles. The van der Waals surface area contributed by atoms with Crippen molar-refractivity contribution in [2.24, 2.45) is 0 Å². The SMILES string of the molecule is CC(C)(C)OC(=O)N1c2ccccc2C[C@H]1c1ccc(F)cc1. The number of hydrogen-bond donors (Lipinski definition) is 0. The zero-order valence-corrected chi connectivity index (χ0v) is 13.5. The van der Waals surface area contributed by atoms with Gasteiger partial charge < -0.3 is 4.74 Å². The maximum absolute atomic E-state index is 13.2. The van der Waals surface area contributed by atoms with Gasteiger partial charge in [-0.25, -0.2) is 9.18 Å². The molecule has 0 aromatic heterocycles. The molecule has 1 amide bonds. The number of halogens is 1. The number of nitrogens with zero attached hydrogens (tertiary/aromatic N) is 1. The molecule has 0 radical (unpaired) electrons. The Hall–Kier alpha value is -2.36. The molecule has 0 saturated carbocycles. The zero-order valence-electron chi connectivity index (χ0n) is 13.5. The van der Waals surface area contributed by atoms with Crippen LogP contribution in [-0.2, 0) is 11.2 Å². The lowest BCUT2D eigenvalue weighted by Gasteiger charge is -2.29. The molecule has 3 nitrogen and oxygen atoms in total. The van der Waals surface area contributed by atoms with Crippen LogP contribution in [0.1, 0.15) is 37.9 Å². The predicted octanol–water partition coefficient (Wildman–Crippen LogP) is 4.86. The van der Waals surface area contributed by atoms with Crippen LogP contribution in [0.5, 0.6) is 0 Å². The molecule has 1 aliphatic heterocycles. The minimum absolute atomic E-state index is 0.178. The first-order valence-corrected chi connectivity index (χ1v) is 7.71. The van der Waals surface area contributed by atoms with E-state index in [4.69, 9.17) is 4.74 Å². The van der Waals surface area contributed by atoms with E-state index < -0.39 is 5.60 Å². The number of carbonyl (C=O) groups excluding carboxylic acids is 1. The van der Waals surface area contributed by atoms with Gasteiger partial charge in [-0.1, -0.05) is 30.3 Å². The van der Waals surface area contributed by atoms with Gasteiger partial charge in [0.1, 0.15) is 11.4 Å². The highest BCUT2D eigenvalue weighted by molar-refractivity contribution is 5.91. The van der Waals surface area contributed by atoms with E-state index >= 15 is 0 Å². The van der Waals surface area contributed by atoms with E-state index in [0.29, 0.717) is 6.42 Å². The number of para-hydroxylation sites is 1. The first-order valence-electron chi connectivity index (χ1n) is 7.71.